The summed E-state index contributed by atoms with van der Waals surface area (Å²) in [6.07, 6.45) is 2.86. The highest BCUT2D eigenvalue weighted by atomic mass is 32.2. The lowest BCUT2D eigenvalue weighted by Gasteiger charge is -2.10. The van der Waals surface area contributed by atoms with Gasteiger partial charge < -0.3 is 10.1 Å². The molecule has 0 saturated heterocycles. The van der Waals surface area contributed by atoms with Crippen molar-refractivity contribution in [1.29, 1.82) is 0 Å². The number of amidine groups is 1. The van der Waals surface area contributed by atoms with Gasteiger partial charge in [-0.05, 0) is 6.08 Å². The topological polar surface area (TPSA) is 67.8 Å². The van der Waals surface area contributed by atoms with Crippen molar-refractivity contribution in [2.24, 2.45) is 4.99 Å². The first-order valence-electron chi connectivity index (χ1n) is 4.73. The van der Waals surface area contributed by atoms with Crippen molar-refractivity contribution in [3.05, 3.63) is 22.8 Å². The molecule has 0 atom stereocenters. The van der Waals surface area contributed by atoms with Crippen LogP contribution in [-0.2, 0) is 14.3 Å². The molecule has 1 aliphatic heterocycles. The smallest absolute Gasteiger partial charge is 0.267 e. The summed E-state index contributed by atoms with van der Waals surface area (Å²) in [5, 5.41) is 3.83. The molecule has 0 spiro atoms. The summed E-state index contributed by atoms with van der Waals surface area (Å²) in [4.78, 5) is 27.5. The van der Waals surface area contributed by atoms with Crippen LogP contribution in [0, 0.1) is 0 Å². The lowest BCUT2D eigenvalue weighted by Crippen LogP contribution is -2.20. The lowest BCUT2D eigenvalue weighted by atomic mass is 10.1. The minimum Gasteiger partial charge on any atom is -0.492 e. The molecule has 84 valence electrons. The zero-order chi connectivity index (χ0) is 11.5. The largest absolute Gasteiger partial charge is 0.492 e. The monoisotopic (exact) mass is 238 g/mol. The molecule has 1 aliphatic carbocycles. The number of carbonyl (C=O) groups excluding carboxylic acids is 2. The first kappa shape index (κ1) is 10.9. The van der Waals surface area contributed by atoms with Crippen LogP contribution in [-0.4, -0.2) is 36.9 Å². The molecule has 5 nitrogen and oxygen atoms in total. The molecule has 0 radical (unpaired) electrons. The van der Waals surface area contributed by atoms with E-state index in [2.05, 4.69) is 10.3 Å². The third kappa shape index (κ3) is 2.16. The van der Waals surface area contributed by atoms with Crippen LogP contribution in [0.5, 0.6) is 0 Å². The van der Waals surface area contributed by atoms with Crippen LogP contribution in [0.3, 0.4) is 0 Å². The van der Waals surface area contributed by atoms with Crippen LogP contribution >= 0.6 is 11.8 Å². The van der Waals surface area contributed by atoms with Gasteiger partial charge in [0.05, 0.1) is 13.7 Å². The molecule has 0 fully saturated rings. The maximum Gasteiger partial charge on any atom is 0.267 e. The fourth-order valence-electron chi connectivity index (χ4n) is 1.32. The van der Waals surface area contributed by atoms with Crippen molar-refractivity contribution in [2.75, 3.05) is 20.2 Å². The van der Waals surface area contributed by atoms with E-state index in [0.717, 1.165) is 18.3 Å². The predicted octanol–water partition coefficient (Wildman–Crippen LogP) is 0.245. The Labute approximate surface area is 96.6 Å². The molecule has 16 heavy (non-hydrogen) atoms. The molecule has 1 N–H and O–H groups in total. The molecule has 1 heterocycles. The maximum atomic E-state index is 11.3. The Kier molecular flexibility index (Phi) is 3.09. The van der Waals surface area contributed by atoms with E-state index in [1.807, 2.05) is 0 Å². The normalized spacial score (nSPS) is 19.9. The van der Waals surface area contributed by atoms with Gasteiger partial charge in [0, 0.05) is 17.5 Å². The van der Waals surface area contributed by atoms with E-state index < -0.39 is 11.6 Å². The molecule has 0 aromatic heterocycles. The molecule has 0 aromatic rings. The number of hydrogen-bond donors (Lipinski definition) is 1. The van der Waals surface area contributed by atoms with Gasteiger partial charge in [-0.3, -0.25) is 14.6 Å². The number of rotatable bonds is 2. The molecule has 0 saturated carbocycles. The molecule has 0 bridgehead atoms. The van der Waals surface area contributed by atoms with E-state index >= 15 is 0 Å². The summed E-state index contributed by atoms with van der Waals surface area (Å²) in [5.74, 6) is -1.08. The van der Waals surface area contributed by atoms with Gasteiger partial charge in [0.15, 0.2) is 10.9 Å². The molecule has 0 amide bonds. The Morgan fingerprint density at radius 1 is 1.44 bits per heavy atom. The zero-order valence-electron chi connectivity index (χ0n) is 8.65. The average Bonchev–Trinajstić information content (AvgIpc) is 2.76. The molecule has 0 unspecified atom stereocenters. The Balaban J connectivity index is 2.15. The van der Waals surface area contributed by atoms with Crippen molar-refractivity contribution < 1.29 is 14.3 Å². The van der Waals surface area contributed by atoms with Crippen LogP contribution < -0.4 is 5.32 Å². The number of allylic oxidation sites excluding steroid dienone is 3. The van der Waals surface area contributed by atoms with E-state index in [1.54, 1.807) is 6.08 Å². The van der Waals surface area contributed by atoms with Crippen LogP contribution in [0.1, 0.15) is 0 Å². The second-order valence-corrected chi connectivity index (χ2v) is 4.23. The highest BCUT2D eigenvalue weighted by Gasteiger charge is 2.24. The van der Waals surface area contributed by atoms with E-state index in [4.69, 9.17) is 4.74 Å². The number of Topliss-reactive ketones (excluding diaryl/α,β-unsaturated/α-hetero) is 1. The summed E-state index contributed by atoms with van der Waals surface area (Å²) >= 11 is 1.32. The fraction of sp³-hybridized carbons (Fsp3) is 0.300. The Morgan fingerprint density at radius 3 is 2.88 bits per heavy atom. The zero-order valence-corrected chi connectivity index (χ0v) is 9.47. The summed E-state index contributed by atoms with van der Waals surface area (Å²) < 4.78 is 4.84. The van der Waals surface area contributed by atoms with Gasteiger partial charge in [-0.1, -0.05) is 11.8 Å². The first-order chi connectivity index (χ1) is 7.70. The molecular weight excluding hydrogens is 228 g/mol. The van der Waals surface area contributed by atoms with Gasteiger partial charge in [-0.25, -0.2) is 0 Å². The minimum atomic E-state index is -0.604. The minimum absolute atomic E-state index is 0.0774. The standard InChI is InChI=1S/C10H10N2O3S/c1-15-8-5-6(4-7(13)9(8)14)16-10-11-2-3-12-10/h4-5H,2-3H2,1H3,(H,11,12). The highest BCUT2D eigenvalue weighted by molar-refractivity contribution is 8.17. The van der Waals surface area contributed by atoms with Crippen molar-refractivity contribution in [3.63, 3.8) is 0 Å². The summed E-state index contributed by atoms with van der Waals surface area (Å²) in [7, 11) is 1.37. The lowest BCUT2D eigenvalue weighted by molar-refractivity contribution is -0.133. The number of carbonyl (C=O) groups is 2. The third-order valence-electron chi connectivity index (χ3n) is 2.07. The Bertz CT molecular complexity index is 437. The number of hydrogen-bond acceptors (Lipinski definition) is 6. The molecular formula is C10H10N2O3S. The molecule has 2 rings (SSSR count). The molecule has 2 aliphatic rings. The van der Waals surface area contributed by atoms with Crippen LogP contribution in [0.4, 0.5) is 0 Å². The van der Waals surface area contributed by atoms with Crippen molar-refractivity contribution in [3.8, 4) is 0 Å². The van der Waals surface area contributed by atoms with Gasteiger partial charge in [0.1, 0.15) is 0 Å². The van der Waals surface area contributed by atoms with Gasteiger partial charge in [0.25, 0.3) is 5.78 Å². The quantitative estimate of drug-likeness (QED) is 0.551. The number of aliphatic imine (C=N–C) groups is 1. The highest BCUT2D eigenvalue weighted by Crippen LogP contribution is 2.24. The number of methoxy groups -OCH3 is 1. The van der Waals surface area contributed by atoms with Gasteiger partial charge >= 0.3 is 0 Å². The maximum absolute atomic E-state index is 11.3. The number of nitrogens with zero attached hydrogens (tertiary/aromatic N) is 1. The third-order valence-corrected chi connectivity index (χ3v) is 3.01. The van der Waals surface area contributed by atoms with Gasteiger partial charge in [0.2, 0.25) is 5.78 Å². The number of ether oxygens (including phenoxy) is 1. The van der Waals surface area contributed by atoms with E-state index in [9.17, 15) is 9.59 Å². The molecule has 6 heteroatoms. The number of thioether (sulfide) groups is 1. The SMILES string of the molecule is COC1=CC(SC2=NCCN2)=CC(=O)C1=O. The first-order valence-corrected chi connectivity index (χ1v) is 5.54. The average molecular weight is 238 g/mol. The summed E-state index contributed by atoms with van der Waals surface area (Å²) in [6.45, 7) is 1.55. The Morgan fingerprint density at radius 2 is 2.25 bits per heavy atom. The number of ketones is 2. The second-order valence-electron chi connectivity index (χ2n) is 3.17. The summed E-state index contributed by atoms with van der Waals surface area (Å²) in [6, 6.07) is 0. The van der Waals surface area contributed by atoms with Gasteiger partial charge in [-0.2, -0.15) is 0 Å². The fourth-order valence-corrected chi connectivity index (χ4v) is 2.20. The van der Waals surface area contributed by atoms with Crippen molar-refractivity contribution in [2.45, 2.75) is 0 Å². The van der Waals surface area contributed by atoms with E-state index in [0.29, 0.717) is 4.91 Å². The van der Waals surface area contributed by atoms with E-state index in [1.165, 1.54) is 24.9 Å². The van der Waals surface area contributed by atoms with Gasteiger partial charge in [-0.15, -0.1) is 0 Å². The second kappa shape index (κ2) is 4.52. The van der Waals surface area contributed by atoms with Crippen LogP contribution in [0.15, 0.2) is 27.8 Å². The van der Waals surface area contributed by atoms with Crippen LogP contribution in [0.2, 0.25) is 0 Å². The van der Waals surface area contributed by atoms with E-state index in [-0.39, 0.29) is 5.76 Å². The van der Waals surface area contributed by atoms with Crippen molar-refractivity contribution >= 4 is 28.5 Å². The summed E-state index contributed by atoms with van der Waals surface area (Å²) in [5.41, 5.74) is 0. The predicted molar refractivity (Wildman–Crippen MR) is 61.1 cm³/mol. The molecule has 0 aromatic carbocycles. The van der Waals surface area contributed by atoms with Crippen LogP contribution in [0.25, 0.3) is 0 Å². The van der Waals surface area contributed by atoms with Crippen molar-refractivity contribution in [1.82, 2.24) is 5.32 Å². The number of nitrogens with one attached hydrogen (secondary N) is 1. The Hall–Kier alpha value is -1.56.